The first-order valence-electron chi connectivity index (χ1n) is 10.7. The minimum absolute atomic E-state index is 0.0708. The highest BCUT2D eigenvalue weighted by Gasteiger charge is 2.23. The second-order valence-corrected chi connectivity index (χ2v) is 7.82. The summed E-state index contributed by atoms with van der Waals surface area (Å²) in [5.41, 5.74) is 5.72. The molecule has 3 aromatic rings. The number of benzene rings is 2. The van der Waals surface area contributed by atoms with E-state index in [1.807, 2.05) is 69.3 Å². The van der Waals surface area contributed by atoms with Gasteiger partial charge in [-0.25, -0.2) is 4.79 Å². The Balaban J connectivity index is 1.94. The first kappa shape index (κ1) is 23.1. The predicted molar refractivity (Wildman–Crippen MR) is 124 cm³/mol. The zero-order valence-electron chi connectivity index (χ0n) is 19.3. The summed E-state index contributed by atoms with van der Waals surface area (Å²) in [6, 6.07) is 15.2. The molecule has 0 spiro atoms. The molecule has 0 bridgehead atoms. The lowest BCUT2D eigenvalue weighted by Gasteiger charge is -2.24. The van der Waals surface area contributed by atoms with Crippen molar-refractivity contribution in [3.05, 3.63) is 87.7 Å². The smallest absolute Gasteiger partial charge is 0.355 e. The highest BCUT2D eigenvalue weighted by atomic mass is 16.5. The van der Waals surface area contributed by atoms with Gasteiger partial charge in [0.15, 0.2) is 0 Å². The average Bonchev–Trinajstić information content (AvgIpc) is 3.07. The van der Waals surface area contributed by atoms with Crippen LogP contribution in [0.1, 0.15) is 55.7 Å². The Hall–Kier alpha value is -3.54. The number of nitrogens with one attached hydrogen (secondary N) is 1. The number of nitrogens with zero attached hydrogens (tertiary/aromatic N) is 1. The van der Waals surface area contributed by atoms with Crippen LogP contribution in [0, 0.1) is 20.8 Å². The number of aromatic amines is 1. The number of rotatable bonds is 8. The highest BCUT2D eigenvalue weighted by molar-refractivity contribution is 5.94. The van der Waals surface area contributed by atoms with E-state index in [4.69, 9.17) is 9.47 Å². The normalized spacial score (nSPS) is 10.7. The van der Waals surface area contributed by atoms with E-state index in [0.717, 1.165) is 33.7 Å². The van der Waals surface area contributed by atoms with Crippen molar-refractivity contribution in [1.29, 1.82) is 0 Å². The Morgan fingerprint density at radius 3 is 2.19 bits per heavy atom. The van der Waals surface area contributed by atoms with Crippen LogP contribution in [0.15, 0.2) is 48.5 Å². The minimum Gasteiger partial charge on any atom is -0.497 e. The summed E-state index contributed by atoms with van der Waals surface area (Å²) in [5, 5.41) is 0. The van der Waals surface area contributed by atoms with E-state index >= 15 is 0 Å². The van der Waals surface area contributed by atoms with E-state index in [-0.39, 0.29) is 11.9 Å². The topological polar surface area (TPSA) is 71.6 Å². The van der Waals surface area contributed by atoms with Crippen LogP contribution >= 0.6 is 0 Å². The summed E-state index contributed by atoms with van der Waals surface area (Å²) >= 11 is 0. The SMILES string of the molecule is CCOC(=O)c1[nH]c(C)c(CN(Cc2ccc(OC)cc2)C(=O)c2ccc(C)cc2)c1C. The summed E-state index contributed by atoms with van der Waals surface area (Å²) in [7, 11) is 1.63. The summed E-state index contributed by atoms with van der Waals surface area (Å²) < 4.78 is 10.4. The zero-order chi connectivity index (χ0) is 23.3. The molecular formula is C26H30N2O4. The minimum atomic E-state index is -0.383. The average molecular weight is 435 g/mol. The van der Waals surface area contributed by atoms with Gasteiger partial charge in [0.2, 0.25) is 0 Å². The van der Waals surface area contributed by atoms with Crippen LogP contribution in [0.3, 0.4) is 0 Å². The molecule has 1 heterocycles. The van der Waals surface area contributed by atoms with Crippen molar-refractivity contribution in [3.8, 4) is 5.75 Å². The van der Waals surface area contributed by atoms with Crippen molar-refractivity contribution < 1.29 is 19.1 Å². The molecule has 0 aliphatic rings. The number of aromatic nitrogens is 1. The van der Waals surface area contributed by atoms with Gasteiger partial charge < -0.3 is 19.4 Å². The molecule has 6 nitrogen and oxygen atoms in total. The lowest BCUT2D eigenvalue weighted by molar-refractivity contribution is 0.0519. The van der Waals surface area contributed by atoms with Gasteiger partial charge in [-0.2, -0.15) is 0 Å². The molecular weight excluding hydrogens is 404 g/mol. The number of carbonyl (C=O) groups is 2. The number of ether oxygens (including phenoxy) is 2. The number of esters is 1. The van der Waals surface area contributed by atoms with Crippen LogP contribution in [-0.4, -0.2) is 35.5 Å². The molecule has 1 amide bonds. The van der Waals surface area contributed by atoms with Crippen molar-refractivity contribution in [2.75, 3.05) is 13.7 Å². The largest absolute Gasteiger partial charge is 0.497 e. The maximum atomic E-state index is 13.5. The Morgan fingerprint density at radius 1 is 0.938 bits per heavy atom. The summed E-state index contributed by atoms with van der Waals surface area (Å²) in [6.45, 7) is 8.66. The molecule has 0 radical (unpaired) electrons. The van der Waals surface area contributed by atoms with Crippen LogP contribution < -0.4 is 4.74 Å². The lowest BCUT2D eigenvalue weighted by atomic mass is 10.1. The van der Waals surface area contributed by atoms with Gasteiger partial charge in [-0.3, -0.25) is 4.79 Å². The molecule has 32 heavy (non-hydrogen) atoms. The molecule has 168 valence electrons. The van der Waals surface area contributed by atoms with Crippen molar-refractivity contribution in [1.82, 2.24) is 9.88 Å². The molecule has 6 heteroatoms. The molecule has 0 saturated carbocycles. The summed E-state index contributed by atoms with van der Waals surface area (Å²) in [5.74, 6) is 0.311. The zero-order valence-corrected chi connectivity index (χ0v) is 19.3. The third-order valence-corrected chi connectivity index (χ3v) is 5.54. The number of aryl methyl sites for hydroxylation is 2. The number of methoxy groups -OCH3 is 1. The highest BCUT2D eigenvalue weighted by Crippen LogP contribution is 2.23. The van der Waals surface area contributed by atoms with E-state index in [1.165, 1.54) is 0 Å². The quantitative estimate of drug-likeness (QED) is 0.508. The summed E-state index contributed by atoms with van der Waals surface area (Å²) in [4.78, 5) is 30.7. The van der Waals surface area contributed by atoms with Gasteiger partial charge in [0.1, 0.15) is 11.4 Å². The van der Waals surface area contributed by atoms with Gasteiger partial charge in [0.05, 0.1) is 13.7 Å². The third kappa shape index (κ3) is 5.19. The lowest BCUT2D eigenvalue weighted by Crippen LogP contribution is -2.30. The van der Waals surface area contributed by atoms with Gasteiger partial charge >= 0.3 is 5.97 Å². The molecule has 0 aliphatic carbocycles. The second kappa shape index (κ2) is 10.2. The number of carbonyl (C=O) groups excluding carboxylic acids is 2. The van der Waals surface area contributed by atoms with Crippen LogP contribution in [0.4, 0.5) is 0 Å². The van der Waals surface area contributed by atoms with Gasteiger partial charge in [-0.05, 0) is 68.7 Å². The fourth-order valence-corrected chi connectivity index (χ4v) is 3.65. The monoisotopic (exact) mass is 434 g/mol. The van der Waals surface area contributed by atoms with E-state index in [1.54, 1.807) is 18.9 Å². The van der Waals surface area contributed by atoms with Crippen LogP contribution in [0.2, 0.25) is 0 Å². The first-order chi connectivity index (χ1) is 15.3. The van der Waals surface area contributed by atoms with E-state index in [0.29, 0.717) is 31.0 Å². The maximum absolute atomic E-state index is 13.5. The molecule has 3 rings (SSSR count). The Labute approximate surface area is 189 Å². The van der Waals surface area contributed by atoms with E-state index in [9.17, 15) is 9.59 Å². The van der Waals surface area contributed by atoms with Crippen LogP contribution in [-0.2, 0) is 17.8 Å². The van der Waals surface area contributed by atoms with Gasteiger partial charge in [0, 0.05) is 24.3 Å². The molecule has 0 saturated heterocycles. The maximum Gasteiger partial charge on any atom is 0.355 e. The van der Waals surface area contributed by atoms with E-state index in [2.05, 4.69) is 4.98 Å². The number of amides is 1. The number of hydrogen-bond acceptors (Lipinski definition) is 4. The molecule has 0 atom stereocenters. The van der Waals surface area contributed by atoms with Crippen molar-refractivity contribution >= 4 is 11.9 Å². The molecule has 0 aliphatic heterocycles. The Bertz CT molecular complexity index is 1080. The Kier molecular flexibility index (Phi) is 7.36. The Morgan fingerprint density at radius 2 is 1.59 bits per heavy atom. The van der Waals surface area contributed by atoms with Crippen LogP contribution in [0.25, 0.3) is 0 Å². The molecule has 0 fully saturated rings. The molecule has 0 unspecified atom stereocenters. The number of H-pyrrole nitrogens is 1. The van der Waals surface area contributed by atoms with Gasteiger partial charge in [-0.1, -0.05) is 29.8 Å². The summed E-state index contributed by atoms with van der Waals surface area (Å²) in [6.07, 6.45) is 0. The fourth-order valence-electron chi connectivity index (χ4n) is 3.65. The molecule has 1 aromatic heterocycles. The van der Waals surface area contributed by atoms with Gasteiger partial charge in [-0.15, -0.1) is 0 Å². The molecule has 1 N–H and O–H groups in total. The standard InChI is InChI=1S/C26H30N2O4/c1-6-32-26(30)24-18(3)23(19(4)27-24)16-28(15-20-9-13-22(31-5)14-10-20)25(29)21-11-7-17(2)8-12-21/h7-14,27H,6,15-16H2,1-5H3. The van der Waals surface area contributed by atoms with E-state index < -0.39 is 0 Å². The number of hydrogen-bond donors (Lipinski definition) is 1. The second-order valence-electron chi connectivity index (χ2n) is 7.82. The third-order valence-electron chi connectivity index (χ3n) is 5.54. The molecule has 2 aromatic carbocycles. The van der Waals surface area contributed by atoms with Gasteiger partial charge in [0.25, 0.3) is 5.91 Å². The van der Waals surface area contributed by atoms with Crippen molar-refractivity contribution in [3.63, 3.8) is 0 Å². The predicted octanol–water partition coefficient (Wildman–Crippen LogP) is 4.97. The van der Waals surface area contributed by atoms with Crippen molar-refractivity contribution in [2.45, 2.75) is 40.8 Å². The first-order valence-corrected chi connectivity index (χ1v) is 10.7. The van der Waals surface area contributed by atoms with Crippen molar-refractivity contribution in [2.24, 2.45) is 0 Å². The van der Waals surface area contributed by atoms with Crippen LogP contribution in [0.5, 0.6) is 5.75 Å². The fraction of sp³-hybridized carbons (Fsp3) is 0.308.